The van der Waals surface area contributed by atoms with Crippen LogP contribution in [0.1, 0.15) is 29.8 Å². The van der Waals surface area contributed by atoms with Gasteiger partial charge >= 0.3 is 0 Å². The summed E-state index contributed by atoms with van der Waals surface area (Å²) in [6.07, 6.45) is -0.461. The third-order valence-electron chi connectivity index (χ3n) is 3.10. The first-order chi connectivity index (χ1) is 7.58. The summed E-state index contributed by atoms with van der Waals surface area (Å²) in [6.45, 7) is 4.96. The van der Waals surface area contributed by atoms with Crippen molar-refractivity contribution in [2.75, 3.05) is 33.7 Å². The van der Waals surface area contributed by atoms with Gasteiger partial charge in [-0.3, -0.25) is 4.90 Å². The Kier molecular flexibility index (Phi) is 3.59. The van der Waals surface area contributed by atoms with Crippen LogP contribution in [0, 0.1) is 0 Å². The first-order valence-corrected chi connectivity index (χ1v) is 6.48. The number of rotatable bonds is 2. The van der Waals surface area contributed by atoms with Crippen molar-refractivity contribution in [3.63, 3.8) is 0 Å². The molecule has 0 amide bonds. The number of piperazine rings is 1. The minimum Gasteiger partial charge on any atom is -0.387 e. The Balaban J connectivity index is 2.15. The number of aromatic nitrogens is 1. The molecule has 1 aliphatic rings. The average Bonchev–Trinajstić information content (AvgIpc) is 2.70. The van der Waals surface area contributed by atoms with E-state index in [1.165, 1.54) is 0 Å². The largest absolute Gasteiger partial charge is 0.387 e. The number of nitrogens with zero attached hydrogens (tertiary/aromatic N) is 3. The molecule has 1 aliphatic heterocycles. The molecule has 0 aliphatic carbocycles. The summed E-state index contributed by atoms with van der Waals surface area (Å²) in [7, 11) is 4.28. The van der Waals surface area contributed by atoms with Crippen LogP contribution in [0.4, 0.5) is 0 Å². The lowest BCUT2D eigenvalue weighted by atomic mass is 10.2. The minimum absolute atomic E-state index is 0.372. The van der Waals surface area contributed by atoms with Crippen LogP contribution in [0.2, 0.25) is 0 Å². The highest BCUT2D eigenvalue weighted by Crippen LogP contribution is 2.27. The second-order valence-electron chi connectivity index (χ2n) is 4.55. The fourth-order valence-corrected chi connectivity index (χ4v) is 2.98. The number of hydrogen-bond acceptors (Lipinski definition) is 5. The molecule has 5 heteroatoms. The van der Waals surface area contributed by atoms with Gasteiger partial charge in [0.05, 0.1) is 17.8 Å². The van der Waals surface area contributed by atoms with E-state index in [9.17, 15) is 5.11 Å². The SMILES string of the molecule is CC(O)c1csc(C2CN(C)CCN2C)n1. The van der Waals surface area contributed by atoms with Crippen molar-refractivity contribution in [3.05, 3.63) is 16.1 Å². The maximum Gasteiger partial charge on any atom is 0.111 e. The van der Waals surface area contributed by atoms with Crippen LogP contribution >= 0.6 is 11.3 Å². The van der Waals surface area contributed by atoms with Gasteiger partial charge in [0, 0.05) is 25.0 Å². The molecule has 16 heavy (non-hydrogen) atoms. The predicted molar refractivity (Wildman–Crippen MR) is 65.6 cm³/mol. The molecule has 1 aromatic rings. The minimum atomic E-state index is -0.461. The van der Waals surface area contributed by atoms with Crippen LogP contribution in [-0.4, -0.2) is 53.6 Å². The van der Waals surface area contributed by atoms with Crippen molar-refractivity contribution in [1.29, 1.82) is 0 Å². The second-order valence-corrected chi connectivity index (χ2v) is 5.43. The van der Waals surface area contributed by atoms with Gasteiger partial charge in [-0.2, -0.15) is 0 Å². The zero-order chi connectivity index (χ0) is 11.7. The Hall–Kier alpha value is -0.490. The van der Waals surface area contributed by atoms with Crippen molar-refractivity contribution in [1.82, 2.24) is 14.8 Å². The summed E-state index contributed by atoms with van der Waals surface area (Å²) in [5.74, 6) is 0. The average molecular weight is 241 g/mol. The molecular weight excluding hydrogens is 222 g/mol. The van der Waals surface area contributed by atoms with Crippen LogP contribution in [-0.2, 0) is 0 Å². The van der Waals surface area contributed by atoms with Crippen LogP contribution in [0.25, 0.3) is 0 Å². The Morgan fingerprint density at radius 1 is 1.50 bits per heavy atom. The smallest absolute Gasteiger partial charge is 0.111 e. The molecule has 2 heterocycles. The Bertz CT molecular complexity index is 353. The molecule has 0 aromatic carbocycles. The summed E-state index contributed by atoms with van der Waals surface area (Å²) in [5, 5.41) is 12.5. The van der Waals surface area contributed by atoms with Gasteiger partial charge in [-0.05, 0) is 21.0 Å². The summed E-state index contributed by atoms with van der Waals surface area (Å²) >= 11 is 1.65. The Morgan fingerprint density at radius 2 is 2.25 bits per heavy atom. The van der Waals surface area contributed by atoms with E-state index in [1.807, 2.05) is 5.38 Å². The third kappa shape index (κ3) is 2.43. The van der Waals surface area contributed by atoms with Crippen molar-refractivity contribution in [3.8, 4) is 0 Å². The van der Waals surface area contributed by atoms with Gasteiger partial charge < -0.3 is 10.0 Å². The van der Waals surface area contributed by atoms with E-state index in [2.05, 4.69) is 28.9 Å². The molecule has 1 fully saturated rings. The van der Waals surface area contributed by atoms with Gasteiger partial charge in [-0.1, -0.05) is 0 Å². The van der Waals surface area contributed by atoms with Crippen molar-refractivity contribution in [2.24, 2.45) is 0 Å². The first kappa shape index (κ1) is 12.0. The van der Waals surface area contributed by atoms with Crippen molar-refractivity contribution < 1.29 is 5.11 Å². The van der Waals surface area contributed by atoms with E-state index in [0.717, 1.165) is 30.3 Å². The molecule has 0 spiro atoms. The van der Waals surface area contributed by atoms with Crippen molar-refractivity contribution >= 4 is 11.3 Å². The summed E-state index contributed by atoms with van der Waals surface area (Å²) in [6, 6.07) is 0.372. The molecule has 0 saturated carbocycles. The molecular formula is C11H19N3OS. The molecule has 1 saturated heterocycles. The van der Waals surface area contributed by atoms with Crippen molar-refractivity contribution in [2.45, 2.75) is 19.1 Å². The summed E-state index contributed by atoms with van der Waals surface area (Å²) in [4.78, 5) is 9.18. The number of aliphatic hydroxyl groups excluding tert-OH is 1. The van der Waals surface area contributed by atoms with Gasteiger partial charge in [0.2, 0.25) is 0 Å². The van der Waals surface area contributed by atoms with Gasteiger partial charge in [0.1, 0.15) is 5.01 Å². The zero-order valence-corrected chi connectivity index (χ0v) is 10.9. The molecule has 2 atom stereocenters. The first-order valence-electron chi connectivity index (χ1n) is 5.60. The van der Waals surface area contributed by atoms with Crippen LogP contribution in [0.5, 0.6) is 0 Å². The molecule has 0 radical (unpaired) electrons. The predicted octanol–water partition coefficient (Wildman–Crippen LogP) is 1.11. The lowest BCUT2D eigenvalue weighted by molar-refractivity contribution is 0.114. The van der Waals surface area contributed by atoms with Gasteiger partial charge in [-0.15, -0.1) is 11.3 Å². The van der Waals surface area contributed by atoms with Gasteiger partial charge in [-0.25, -0.2) is 4.98 Å². The van der Waals surface area contributed by atoms with Gasteiger partial charge in [0.15, 0.2) is 0 Å². The molecule has 1 aromatic heterocycles. The fourth-order valence-electron chi connectivity index (χ4n) is 1.92. The summed E-state index contributed by atoms with van der Waals surface area (Å²) in [5.41, 5.74) is 0.793. The van der Waals surface area contributed by atoms with E-state index >= 15 is 0 Å². The topological polar surface area (TPSA) is 39.6 Å². The number of aliphatic hydroxyl groups is 1. The molecule has 2 unspecified atom stereocenters. The highest BCUT2D eigenvalue weighted by molar-refractivity contribution is 7.09. The van der Waals surface area contributed by atoms with E-state index in [1.54, 1.807) is 18.3 Å². The lowest BCUT2D eigenvalue weighted by Crippen LogP contribution is -2.44. The molecule has 1 N–H and O–H groups in total. The maximum atomic E-state index is 9.47. The number of thiazole rings is 1. The normalized spacial score (nSPS) is 25.9. The lowest BCUT2D eigenvalue weighted by Gasteiger charge is -2.36. The zero-order valence-electron chi connectivity index (χ0n) is 10.1. The highest BCUT2D eigenvalue weighted by Gasteiger charge is 2.26. The van der Waals surface area contributed by atoms with E-state index in [0.29, 0.717) is 6.04 Å². The third-order valence-corrected chi connectivity index (χ3v) is 4.07. The quantitative estimate of drug-likeness (QED) is 0.842. The van der Waals surface area contributed by atoms with E-state index < -0.39 is 6.10 Å². The monoisotopic (exact) mass is 241 g/mol. The van der Waals surface area contributed by atoms with Crippen LogP contribution in [0.15, 0.2) is 5.38 Å². The van der Waals surface area contributed by atoms with Crippen LogP contribution < -0.4 is 0 Å². The number of hydrogen-bond donors (Lipinski definition) is 1. The summed E-state index contributed by atoms with van der Waals surface area (Å²) < 4.78 is 0. The van der Waals surface area contributed by atoms with Gasteiger partial charge in [0.25, 0.3) is 0 Å². The Labute approximate surface area is 101 Å². The van der Waals surface area contributed by atoms with E-state index in [4.69, 9.17) is 0 Å². The maximum absolute atomic E-state index is 9.47. The van der Waals surface area contributed by atoms with E-state index in [-0.39, 0.29) is 0 Å². The second kappa shape index (κ2) is 4.79. The number of likely N-dealkylation sites (N-methyl/N-ethyl adjacent to an activating group) is 2. The standard InChI is InChI=1S/C11H19N3OS/c1-8(15)9-7-16-11(12-9)10-6-13(2)4-5-14(10)3/h7-8,10,15H,4-6H2,1-3H3. The molecule has 0 bridgehead atoms. The highest BCUT2D eigenvalue weighted by atomic mass is 32.1. The Morgan fingerprint density at radius 3 is 2.88 bits per heavy atom. The molecule has 2 rings (SSSR count). The molecule has 4 nitrogen and oxygen atoms in total. The van der Waals surface area contributed by atoms with Crippen LogP contribution in [0.3, 0.4) is 0 Å². The fraction of sp³-hybridized carbons (Fsp3) is 0.727. The molecule has 90 valence electrons.